The number of ether oxygens (including phenoxy) is 2. The summed E-state index contributed by atoms with van der Waals surface area (Å²) < 4.78 is 11.3. The van der Waals surface area contributed by atoms with Crippen molar-refractivity contribution in [1.29, 1.82) is 0 Å². The van der Waals surface area contributed by atoms with Crippen molar-refractivity contribution in [3.05, 3.63) is 58.6 Å². The summed E-state index contributed by atoms with van der Waals surface area (Å²) >= 11 is 0. The zero-order chi connectivity index (χ0) is 16.4. The third-order valence-corrected chi connectivity index (χ3v) is 3.46. The van der Waals surface area contributed by atoms with Gasteiger partial charge in [-0.1, -0.05) is 24.3 Å². The zero-order valence-electron chi connectivity index (χ0n) is 12.3. The molecule has 0 radical (unpaired) electrons. The molecule has 0 aliphatic carbocycles. The predicted octanol–water partition coefficient (Wildman–Crippen LogP) is 2.76. The quantitative estimate of drug-likeness (QED) is 0.695. The molecule has 7 heteroatoms. The number of nitrogens with zero attached hydrogens (tertiary/aromatic N) is 1. The standard InChI is InChI=1S/C16H14N2O5/c1-10-15(23-14-9-5-4-8-13(14)22-10)16(19)17-11-6-2-3-7-12(11)18(20)21/h2-10,15H,1H3,(H,17,19). The molecule has 23 heavy (non-hydrogen) atoms. The van der Waals surface area contributed by atoms with Crippen LogP contribution in [0.5, 0.6) is 11.5 Å². The van der Waals surface area contributed by atoms with E-state index in [2.05, 4.69) is 5.32 Å². The third-order valence-electron chi connectivity index (χ3n) is 3.46. The number of rotatable bonds is 3. The molecule has 2 atom stereocenters. The number of nitro groups is 1. The molecular weight excluding hydrogens is 300 g/mol. The summed E-state index contributed by atoms with van der Waals surface area (Å²) in [6.45, 7) is 1.71. The maximum absolute atomic E-state index is 12.4. The minimum atomic E-state index is -0.898. The molecule has 0 saturated carbocycles. The molecule has 118 valence electrons. The van der Waals surface area contributed by atoms with Crippen LogP contribution in [-0.2, 0) is 4.79 Å². The van der Waals surface area contributed by atoms with Crippen LogP contribution in [0, 0.1) is 10.1 Å². The number of anilines is 1. The molecule has 0 spiro atoms. The van der Waals surface area contributed by atoms with Gasteiger partial charge in [-0.3, -0.25) is 14.9 Å². The molecule has 1 aliphatic heterocycles. The molecule has 1 amide bonds. The first-order valence-electron chi connectivity index (χ1n) is 7.03. The van der Waals surface area contributed by atoms with E-state index >= 15 is 0 Å². The number of nitrogens with one attached hydrogen (secondary N) is 1. The number of para-hydroxylation sites is 4. The maximum Gasteiger partial charge on any atom is 0.292 e. The summed E-state index contributed by atoms with van der Waals surface area (Å²) in [5.74, 6) is 0.532. The lowest BCUT2D eigenvalue weighted by atomic mass is 10.1. The molecule has 1 N–H and O–H groups in total. The highest BCUT2D eigenvalue weighted by atomic mass is 16.6. The van der Waals surface area contributed by atoms with Gasteiger partial charge in [0.2, 0.25) is 6.10 Å². The van der Waals surface area contributed by atoms with Crippen LogP contribution in [0.1, 0.15) is 6.92 Å². The molecular formula is C16H14N2O5. The van der Waals surface area contributed by atoms with Crippen LogP contribution in [-0.4, -0.2) is 23.0 Å². The minimum Gasteiger partial charge on any atom is -0.482 e. The summed E-state index contributed by atoms with van der Waals surface area (Å²) in [5, 5.41) is 13.5. The van der Waals surface area contributed by atoms with E-state index in [0.29, 0.717) is 11.5 Å². The van der Waals surface area contributed by atoms with Crippen LogP contribution in [0.3, 0.4) is 0 Å². The Morgan fingerprint density at radius 3 is 2.39 bits per heavy atom. The second-order valence-electron chi connectivity index (χ2n) is 5.07. The Labute approximate surface area is 132 Å². The van der Waals surface area contributed by atoms with Crippen molar-refractivity contribution >= 4 is 17.3 Å². The molecule has 3 rings (SSSR count). The van der Waals surface area contributed by atoms with Crippen LogP contribution in [0.25, 0.3) is 0 Å². The largest absolute Gasteiger partial charge is 0.482 e. The van der Waals surface area contributed by atoms with Gasteiger partial charge in [-0.2, -0.15) is 0 Å². The Morgan fingerprint density at radius 1 is 1.09 bits per heavy atom. The lowest BCUT2D eigenvalue weighted by Gasteiger charge is -2.30. The van der Waals surface area contributed by atoms with E-state index in [0.717, 1.165) is 0 Å². The summed E-state index contributed by atoms with van der Waals surface area (Å²) in [4.78, 5) is 22.9. The van der Waals surface area contributed by atoms with E-state index in [-0.39, 0.29) is 11.4 Å². The van der Waals surface area contributed by atoms with Gasteiger partial charge < -0.3 is 14.8 Å². The summed E-state index contributed by atoms with van der Waals surface area (Å²) in [5.41, 5.74) is -0.0530. The van der Waals surface area contributed by atoms with Crippen LogP contribution < -0.4 is 14.8 Å². The van der Waals surface area contributed by atoms with E-state index < -0.39 is 23.0 Å². The van der Waals surface area contributed by atoms with Gasteiger partial charge >= 0.3 is 0 Å². The zero-order valence-corrected chi connectivity index (χ0v) is 12.3. The van der Waals surface area contributed by atoms with E-state index in [1.54, 1.807) is 31.2 Å². The molecule has 0 bridgehead atoms. The van der Waals surface area contributed by atoms with Gasteiger partial charge in [0, 0.05) is 6.07 Å². The van der Waals surface area contributed by atoms with E-state index in [4.69, 9.17) is 9.47 Å². The van der Waals surface area contributed by atoms with Gasteiger partial charge in [0.1, 0.15) is 11.8 Å². The van der Waals surface area contributed by atoms with E-state index in [1.165, 1.54) is 18.2 Å². The lowest BCUT2D eigenvalue weighted by molar-refractivity contribution is -0.383. The second-order valence-corrected chi connectivity index (χ2v) is 5.07. The van der Waals surface area contributed by atoms with Crippen LogP contribution in [0.4, 0.5) is 11.4 Å². The first-order chi connectivity index (χ1) is 11.1. The number of hydrogen-bond donors (Lipinski definition) is 1. The molecule has 0 aromatic heterocycles. The molecule has 2 unspecified atom stereocenters. The summed E-state index contributed by atoms with van der Waals surface area (Å²) in [6, 6.07) is 13.0. The first-order valence-corrected chi connectivity index (χ1v) is 7.03. The number of carbonyl (C=O) groups is 1. The molecule has 0 saturated heterocycles. The van der Waals surface area contributed by atoms with Crippen molar-refractivity contribution in [2.45, 2.75) is 19.1 Å². The first kappa shape index (κ1) is 14.8. The SMILES string of the molecule is CC1Oc2ccccc2OC1C(=O)Nc1ccccc1[N+](=O)[O-]. The molecule has 2 aromatic rings. The van der Waals surface area contributed by atoms with Gasteiger partial charge in [-0.15, -0.1) is 0 Å². The second kappa shape index (κ2) is 5.96. The van der Waals surface area contributed by atoms with Crippen molar-refractivity contribution in [3.8, 4) is 11.5 Å². The fraction of sp³-hybridized carbons (Fsp3) is 0.188. The molecule has 1 heterocycles. The van der Waals surface area contributed by atoms with E-state index in [1.807, 2.05) is 6.07 Å². The predicted molar refractivity (Wildman–Crippen MR) is 82.7 cm³/mol. The summed E-state index contributed by atoms with van der Waals surface area (Å²) in [7, 11) is 0. The number of amides is 1. The highest BCUT2D eigenvalue weighted by molar-refractivity contribution is 5.96. The van der Waals surface area contributed by atoms with Crippen molar-refractivity contribution in [3.63, 3.8) is 0 Å². The Balaban J connectivity index is 1.81. The van der Waals surface area contributed by atoms with Gasteiger partial charge in [0.05, 0.1) is 4.92 Å². The van der Waals surface area contributed by atoms with Gasteiger partial charge in [-0.25, -0.2) is 0 Å². The number of nitro benzene ring substituents is 1. The average molecular weight is 314 g/mol. The molecule has 1 aliphatic rings. The van der Waals surface area contributed by atoms with Gasteiger partial charge in [0.25, 0.3) is 11.6 Å². The monoisotopic (exact) mass is 314 g/mol. The van der Waals surface area contributed by atoms with Gasteiger partial charge in [-0.05, 0) is 25.1 Å². The fourth-order valence-electron chi connectivity index (χ4n) is 2.35. The average Bonchev–Trinajstić information content (AvgIpc) is 2.54. The van der Waals surface area contributed by atoms with Crippen molar-refractivity contribution in [2.24, 2.45) is 0 Å². The minimum absolute atomic E-state index is 0.122. The molecule has 2 aromatic carbocycles. The number of fused-ring (bicyclic) bond motifs is 1. The normalized spacial score (nSPS) is 19.0. The highest BCUT2D eigenvalue weighted by Gasteiger charge is 2.34. The Kier molecular flexibility index (Phi) is 3.84. The highest BCUT2D eigenvalue weighted by Crippen LogP contribution is 2.34. The number of benzene rings is 2. The van der Waals surface area contributed by atoms with Crippen molar-refractivity contribution in [1.82, 2.24) is 0 Å². The summed E-state index contributed by atoms with van der Waals surface area (Å²) in [6.07, 6.45) is -1.42. The van der Waals surface area contributed by atoms with Crippen LogP contribution in [0.15, 0.2) is 48.5 Å². The Morgan fingerprint density at radius 2 is 1.70 bits per heavy atom. The number of hydrogen-bond acceptors (Lipinski definition) is 5. The smallest absolute Gasteiger partial charge is 0.292 e. The topological polar surface area (TPSA) is 90.7 Å². The van der Waals surface area contributed by atoms with Crippen LogP contribution in [0.2, 0.25) is 0 Å². The van der Waals surface area contributed by atoms with Crippen LogP contribution >= 0.6 is 0 Å². The molecule has 7 nitrogen and oxygen atoms in total. The Hall–Kier alpha value is -3.09. The van der Waals surface area contributed by atoms with Crippen molar-refractivity contribution < 1.29 is 19.2 Å². The molecule has 0 fully saturated rings. The number of carbonyl (C=O) groups excluding carboxylic acids is 1. The third kappa shape index (κ3) is 2.94. The van der Waals surface area contributed by atoms with Gasteiger partial charge in [0.15, 0.2) is 11.5 Å². The van der Waals surface area contributed by atoms with E-state index in [9.17, 15) is 14.9 Å². The fourth-order valence-corrected chi connectivity index (χ4v) is 2.35. The Bertz CT molecular complexity index is 762. The maximum atomic E-state index is 12.4. The lowest BCUT2D eigenvalue weighted by Crippen LogP contribution is -2.46. The van der Waals surface area contributed by atoms with Crippen molar-refractivity contribution in [2.75, 3.05) is 5.32 Å².